The van der Waals surface area contributed by atoms with E-state index in [2.05, 4.69) is 16.0 Å². The number of piperazine rings is 1. The van der Waals surface area contributed by atoms with Crippen LogP contribution < -0.4 is 9.64 Å². The van der Waals surface area contributed by atoms with Crippen LogP contribution in [0.3, 0.4) is 0 Å². The van der Waals surface area contributed by atoms with Crippen molar-refractivity contribution >= 4 is 41.1 Å². The van der Waals surface area contributed by atoms with Gasteiger partial charge < -0.3 is 14.5 Å². The lowest BCUT2D eigenvalue weighted by Gasteiger charge is -2.35. The average molecular weight is 385 g/mol. The van der Waals surface area contributed by atoms with Gasteiger partial charge in [-0.1, -0.05) is 11.3 Å². The summed E-state index contributed by atoms with van der Waals surface area (Å²) in [5, 5.41) is 0.634. The second kappa shape index (κ2) is 8.35. The number of aryl methyl sites for hydroxylation is 1. The first-order valence-electron chi connectivity index (χ1n) is 8.86. The number of hydrogen-bond donors (Lipinski definition) is 0. The molecule has 3 heterocycles. The Morgan fingerprint density at radius 1 is 1.15 bits per heavy atom. The van der Waals surface area contributed by atoms with Crippen LogP contribution in [-0.4, -0.2) is 47.9 Å². The van der Waals surface area contributed by atoms with Gasteiger partial charge in [-0.25, -0.2) is 0 Å². The summed E-state index contributed by atoms with van der Waals surface area (Å²) in [6.45, 7) is 8.08. The largest absolute Gasteiger partial charge is 0.415 e. The van der Waals surface area contributed by atoms with Crippen LogP contribution in [-0.2, 0) is 9.59 Å². The minimum absolute atomic E-state index is 0.133. The maximum absolute atomic E-state index is 11.4. The Morgan fingerprint density at radius 3 is 2.48 bits per heavy atom. The molecule has 0 radical (unpaired) electrons. The summed E-state index contributed by atoms with van der Waals surface area (Å²) in [6, 6.07) is 6.03. The van der Waals surface area contributed by atoms with Gasteiger partial charge in [0.2, 0.25) is 5.91 Å². The number of pyridine rings is 1. The van der Waals surface area contributed by atoms with Crippen molar-refractivity contribution < 1.29 is 14.3 Å². The SMILES string of the molecule is CC(=O)Oc1sc(C=Cc2ccc(N3CCN(C(C)=O)CC3)cn2)cc1C. The van der Waals surface area contributed by atoms with E-state index in [1.165, 1.54) is 18.3 Å². The third-order valence-electron chi connectivity index (χ3n) is 4.41. The molecule has 142 valence electrons. The highest BCUT2D eigenvalue weighted by Gasteiger charge is 2.18. The van der Waals surface area contributed by atoms with Gasteiger partial charge in [0.05, 0.1) is 17.6 Å². The van der Waals surface area contributed by atoms with Gasteiger partial charge in [-0.05, 0) is 37.3 Å². The van der Waals surface area contributed by atoms with Crippen molar-refractivity contribution in [3.63, 3.8) is 0 Å². The van der Waals surface area contributed by atoms with Crippen LogP contribution in [0.5, 0.6) is 5.06 Å². The number of hydrogen-bond acceptors (Lipinski definition) is 6. The topological polar surface area (TPSA) is 62.7 Å². The molecule has 0 N–H and O–H groups in total. The van der Waals surface area contributed by atoms with Crippen molar-refractivity contribution in [2.45, 2.75) is 20.8 Å². The number of thiophene rings is 1. The molecular weight excluding hydrogens is 362 g/mol. The number of carbonyl (C=O) groups is 2. The zero-order valence-corrected chi connectivity index (χ0v) is 16.6. The van der Waals surface area contributed by atoms with E-state index < -0.39 is 0 Å². The molecule has 0 atom stereocenters. The summed E-state index contributed by atoms with van der Waals surface area (Å²) in [7, 11) is 0. The van der Waals surface area contributed by atoms with Crippen LogP contribution in [0.1, 0.15) is 30.0 Å². The zero-order chi connectivity index (χ0) is 19.4. The number of ether oxygens (including phenoxy) is 1. The fourth-order valence-electron chi connectivity index (χ4n) is 2.93. The minimum Gasteiger partial charge on any atom is -0.415 e. The summed E-state index contributed by atoms with van der Waals surface area (Å²) >= 11 is 1.44. The summed E-state index contributed by atoms with van der Waals surface area (Å²) in [5.41, 5.74) is 2.88. The maximum atomic E-state index is 11.4. The van der Waals surface area contributed by atoms with Crippen LogP contribution in [0.4, 0.5) is 5.69 Å². The molecule has 6 nitrogen and oxygen atoms in total. The number of esters is 1. The van der Waals surface area contributed by atoms with Gasteiger partial charge in [-0.2, -0.15) is 0 Å². The van der Waals surface area contributed by atoms with E-state index >= 15 is 0 Å². The van der Waals surface area contributed by atoms with Crippen LogP contribution in [0.2, 0.25) is 0 Å². The van der Waals surface area contributed by atoms with E-state index in [-0.39, 0.29) is 11.9 Å². The molecule has 7 heteroatoms. The molecule has 0 saturated carbocycles. The highest BCUT2D eigenvalue weighted by atomic mass is 32.1. The molecule has 0 spiro atoms. The normalized spacial score (nSPS) is 14.6. The van der Waals surface area contributed by atoms with Gasteiger partial charge in [0.1, 0.15) is 0 Å². The predicted octanol–water partition coefficient (Wildman–Crippen LogP) is 3.22. The number of carbonyl (C=O) groups excluding carboxylic acids is 2. The van der Waals surface area contributed by atoms with E-state index in [9.17, 15) is 9.59 Å². The summed E-state index contributed by atoms with van der Waals surface area (Å²) < 4.78 is 5.18. The van der Waals surface area contributed by atoms with Crippen LogP contribution in [0, 0.1) is 6.92 Å². The fourth-order valence-corrected chi connectivity index (χ4v) is 3.90. The average Bonchev–Trinajstić information content (AvgIpc) is 2.99. The van der Waals surface area contributed by atoms with Gasteiger partial charge in [-0.15, -0.1) is 0 Å². The molecule has 1 saturated heterocycles. The van der Waals surface area contributed by atoms with E-state index in [0.29, 0.717) is 5.06 Å². The molecule has 1 amide bonds. The van der Waals surface area contributed by atoms with Crippen molar-refractivity contribution in [2.75, 3.05) is 31.1 Å². The Hall–Kier alpha value is -2.67. The molecule has 0 unspecified atom stereocenters. The smallest absolute Gasteiger partial charge is 0.308 e. The summed E-state index contributed by atoms with van der Waals surface area (Å²) in [5.74, 6) is -0.175. The summed E-state index contributed by atoms with van der Waals surface area (Å²) in [6.07, 6.45) is 5.78. The Balaban J connectivity index is 1.62. The minimum atomic E-state index is -0.308. The number of aromatic nitrogens is 1. The number of nitrogens with zero attached hydrogens (tertiary/aromatic N) is 3. The van der Waals surface area contributed by atoms with E-state index in [4.69, 9.17) is 4.74 Å². The maximum Gasteiger partial charge on any atom is 0.308 e. The quantitative estimate of drug-likeness (QED) is 0.756. The van der Waals surface area contributed by atoms with Gasteiger partial charge in [0.25, 0.3) is 0 Å². The molecule has 1 fully saturated rings. The van der Waals surface area contributed by atoms with Crippen molar-refractivity contribution in [3.05, 3.63) is 40.5 Å². The van der Waals surface area contributed by atoms with Crippen molar-refractivity contribution in [2.24, 2.45) is 0 Å². The lowest BCUT2D eigenvalue weighted by Crippen LogP contribution is -2.48. The molecule has 2 aromatic rings. The third kappa shape index (κ3) is 4.95. The van der Waals surface area contributed by atoms with Crippen LogP contribution >= 0.6 is 11.3 Å². The zero-order valence-electron chi connectivity index (χ0n) is 15.8. The summed E-state index contributed by atoms with van der Waals surface area (Å²) in [4.78, 5) is 32.1. The monoisotopic (exact) mass is 385 g/mol. The third-order valence-corrected chi connectivity index (χ3v) is 5.49. The van der Waals surface area contributed by atoms with Crippen molar-refractivity contribution in [3.8, 4) is 5.06 Å². The molecule has 3 rings (SSSR count). The van der Waals surface area contributed by atoms with E-state index in [1.54, 1.807) is 6.92 Å². The Morgan fingerprint density at radius 2 is 1.89 bits per heavy atom. The first-order chi connectivity index (χ1) is 12.9. The lowest BCUT2D eigenvalue weighted by atomic mass is 10.2. The fraction of sp³-hybridized carbons (Fsp3) is 0.350. The number of amides is 1. The Labute approximate surface area is 163 Å². The Bertz CT molecular complexity index is 850. The standard InChI is InChI=1S/C20H23N3O3S/c1-14-12-19(27-20(14)26-16(3)25)7-5-17-4-6-18(13-21-17)23-10-8-22(9-11-23)15(2)24/h4-7,12-13H,8-11H2,1-3H3. The molecule has 1 aliphatic rings. The number of rotatable bonds is 4. The van der Waals surface area contributed by atoms with Gasteiger partial charge >= 0.3 is 5.97 Å². The molecule has 2 aromatic heterocycles. The molecule has 27 heavy (non-hydrogen) atoms. The lowest BCUT2D eigenvalue weighted by molar-refractivity contribution is -0.131. The van der Waals surface area contributed by atoms with Gasteiger partial charge in [0, 0.05) is 50.5 Å². The number of anilines is 1. The molecule has 1 aliphatic heterocycles. The van der Waals surface area contributed by atoms with Crippen molar-refractivity contribution in [1.29, 1.82) is 0 Å². The van der Waals surface area contributed by atoms with Crippen LogP contribution in [0.15, 0.2) is 24.4 Å². The first kappa shape index (κ1) is 19.1. The molecule has 0 bridgehead atoms. The predicted molar refractivity (Wildman–Crippen MR) is 108 cm³/mol. The highest BCUT2D eigenvalue weighted by molar-refractivity contribution is 7.15. The Kier molecular flexibility index (Phi) is 5.91. The highest BCUT2D eigenvalue weighted by Crippen LogP contribution is 2.31. The molecule has 0 aromatic carbocycles. The van der Waals surface area contributed by atoms with Crippen LogP contribution in [0.25, 0.3) is 12.2 Å². The second-order valence-electron chi connectivity index (χ2n) is 6.48. The first-order valence-corrected chi connectivity index (χ1v) is 9.67. The van der Waals surface area contributed by atoms with Gasteiger partial charge in [0.15, 0.2) is 5.06 Å². The van der Waals surface area contributed by atoms with E-state index in [0.717, 1.165) is 48.0 Å². The van der Waals surface area contributed by atoms with Crippen molar-refractivity contribution in [1.82, 2.24) is 9.88 Å². The second-order valence-corrected chi connectivity index (χ2v) is 7.53. The molecular formula is C20H23N3O3S. The molecule has 0 aliphatic carbocycles. The van der Waals surface area contributed by atoms with E-state index in [1.807, 2.05) is 42.3 Å². The van der Waals surface area contributed by atoms with Gasteiger partial charge in [-0.3, -0.25) is 14.6 Å².